The minimum atomic E-state index is -0.270. The molecule has 0 unspecified atom stereocenters. The lowest BCUT2D eigenvalue weighted by Crippen LogP contribution is -2.03. The number of aryl methyl sites for hydroxylation is 1. The Balaban J connectivity index is 2.19. The Bertz CT molecular complexity index is 621. The van der Waals surface area contributed by atoms with E-state index >= 15 is 0 Å². The number of oxime groups is 1. The molecule has 0 radical (unpaired) electrons. The second-order valence-electron chi connectivity index (χ2n) is 4.60. The third-order valence-electron chi connectivity index (χ3n) is 2.98. The van der Waals surface area contributed by atoms with Gasteiger partial charge in [0.2, 0.25) is 0 Å². The molecule has 0 saturated carbocycles. The molecule has 104 valence electrons. The summed E-state index contributed by atoms with van der Waals surface area (Å²) < 4.78 is 18.6. The number of rotatable bonds is 4. The average Bonchev–Trinajstić information content (AvgIpc) is 2.46. The topological polar surface area (TPSA) is 41.8 Å². The van der Waals surface area contributed by atoms with Crippen molar-refractivity contribution in [3.05, 3.63) is 65.0 Å². The molecule has 2 aromatic rings. The van der Waals surface area contributed by atoms with Crippen molar-refractivity contribution < 1.29 is 14.3 Å². The van der Waals surface area contributed by atoms with Gasteiger partial charge in [0.1, 0.15) is 18.2 Å². The molecule has 0 amide bonds. The molecule has 0 spiro atoms. The Morgan fingerprint density at radius 1 is 1.20 bits per heavy atom. The summed E-state index contributed by atoms with van der Waals surface area (Å²) >= 11 is 0. The van der Waals surface area contributed by atoms with Crippen LogP contribution in [0, 0.1) is 12.7 Å². The summed E-state index contributed by atoms with van der Waals surface area (Å²) in [7, 11) is 0. The van der Waals surface area contributed by atoms with Crippen LogP contribution in [0.25, 0.3) is 0 Å². The Hall–Kier alpha value is -2.36. The fourth-order valence-corrected chi connectivity index (χ4v) is 1.85. The molecule has 2 rings (SSSR count). The van der Waals surface area contributed by atoms with E-state index in [0.717, 1.165) is 16.7 Å². The van der Waals surface area contributed by atoms with Crippen molar-refractivity contribution >= 4 is 5.71 Å². The van der Waals surface area contributed by atoms with Crippen LogP contribution in [-0.4, -0.2) is 10.9 Å². The van der Waals surface area contributed by atoms with Gasteiger partial charge in [-0.25, -0.2) is 4.39 Å². The number of hydrogen-bond donors (Lipinski definition) is 1. The van der Waals surface area contributed by atoms with E-state index < -0.39 is 0 Å². The molecule has 1 N–H and O–H groups in total. The molecule has 0 aliphatic heterocycles. The van der Waals surface area contributed by atoms with Crippen LogP contribution in [0.3, 0.4) is 0 Å². The molecule has 0 atom stereocenters. The second kappa shape index (κ2) is 6.19. The highest BCUT2D eigenvalue weighted by Gasteiger charge is 2.08. The zero-order valence-electron chi connectivity index (χ0n) is 11.4. The molecule has 0 fully saturated rings. The van der Waals surface area contributed by atoms with E-state index in [-0.39, 0.29) is 5.82 Å². The third-order valence-corrected chi connectivity index (χ3v) is 2.98. The van der Waals surface area contributed by atoms with Crippen molar-refractivity contribution in [2.24, 2.45) is 5.16 Å². The van der Waals surface area contributed by atoms with Gasteiger partial charge in [-0.2, -0.15) is 0 Å². The molecular formula is C16H16FNO2. The van der Waals surface area contributed by atoms with Gasteiger partial charge in [0, 0.05) is 5.56 Å². The van der Waals surface area contributed by atoms with Gasteiger partial charge in [0.05, 0.1) is 5.71 Å². The Morgan fingerprint density at radius 2 is 1.90 bits per heavy atom. The van der Waals surface area contributed by atoms with E-state index in [2.05, 4.69) is 5.16 Å². The maximum Gasteiger partial charge on any atom is 0.128 e. The molecule has 0 bridgehead atoms. The van der Waals surface area contributed by atoms with Crippen LogP contribution >= 0.6 is 0 Å². The molecule has 0 saturated heterocycles. The van der Waals surface area contributed by atoms with Crippen molar-refractivity contribution in [3.8, 4) is 5.75 Å². The maximum atomic E-state index is 12.8. The first-order chi connectivity index (χ1) is 9.60. The monoisotopic (exact) mass is 273 g/mol. The van der Waals surface area contributed by atoms with Crippen molar-refractivity contribution in [2.45, 2.75) is 20.5 Å². The zero-order chi connectivity index (χ0) is 14.5. The minimum Gasteiger partial charge on any atom is -0.488 e. The van der Waals surface area contributed by atoms with Gasteiger partial charge in [-0.3, -0.25) is 0 Å². The molecule has 0 heterocycles. The molecule has 0 aliphatic carbocycles. The summed E-state index contributed by atoms with van der Waals surface area (Å²) in [5.41, 5.74) is 3.16. The normalized spacial score (nSPS) is 11.4. The first-order valence-corrected chi connectivity index (χ1v) is 6.27. The van der Waals surface area contributed by atoms with E-state index in [1.165, 1.54) is 12.1 Å². The first-order valence-electron chi connectivity index (χ1n) is 6.27. The number of nitrogens with zero attached hydrogens (tertiary/aromatic N) is 1. The van der Waals surface area contributed by atoms with Crippen molar-refractivity contribution in [1.82, 2.24) is 0 Å². The van der Waals surface area contributed by atoms with Crippen LogP contribution in [0.2, 0.25) is 0 Å². The predicted octanol–water partition coefficient (Wildman–Crippen LogP) is 3.91. The Morgan fingerprint density at radius 3 is 2.55 bits per heavy atom. The first kappa shape index (κ1) is 14.1. The molecule has 0 aromatic heterocycles. The minimum absolute atomic E-state index is 0.270. The number of hydrogen-bond acceptors (Lipinski definition) is 3. The largest absolute Gasteiger partial charge is 0.488 e. The van der Waals surface area contributed by atoms with Gasteiger partial charge >= 0.3 is 0 Å². The summed E-state index contributed by atoms with van der Waals surface area (Å²) in [6.07, 6.45) is 0. The number of halogens is 1. The summed E-state index contributed by atoms with van der Waals surface area (Å²) in [6, 6.07) is 11.8. The lowest BCUT2D eigenvalue weighted by Gasteiger charge is -2.11. The average molecular weight is 273 g/mol. The highest BCUT2D eigenvalue weighted by atomic mass is 19.1. The quantitative estimate of drug-likeness (QED) is 0.521. The van der Waals surface area contributed by atoms with Gasteiger partial charge in [-0.1, -0.05) is 28.9 Å². The van der Waals surface area contributed by atoms with Gasteiger partial charge in [0.15, 0.2) is 0 Å². The molecule has 20 heavy (non-hydrogen) atoms. The van der Waals surface area contributed by atoms with E-state index in [9.17, 15) is 4.39 Å². The third kappa shape index (κ3) is 3.35. The number of benzene rings is 2. The van der Waals surface area contributed by atoms with Gasteiger partial charge in [-0.05, 0) is 43.7 Å². The lowest BCUT2D eigenvalue weighted by atomic mass is 10.1. The summed E-state index contributed by atoms with van der Waals surface area (Å²) in [6.45, 7) is 3.99. The summed E-state index contributed by atoms with van der Waals surface area (Å²) in [4.78, 5) is 0. The van der Waals surface area contributed by atoms with E-state index in [1.54, 1.807) is 19.1 Å². The standard InChI is InChI=1S/C16H16FNO2/c1-11-3-8-16(15(9-11)12(2)18-19)20-10-13-4-6-14(17)7-5-13/h3-9,19H,10H2,1-2H3/b18-12+. The number of ether oxygens (including phenoxy) is 1. The van der Waals surface area contributed by atoms with Crippen LogP contribution in [0.5, 0.6) is 5.75 Å². The summed E-state index contributed by atoms with van der Waals surface area (Å²) in [5.74, 6) is 0.364. The SMILES string of the molecule is C/C(=N\O)c1cc(C)ccc1OCc1ccc(F)cc1. The van der Waals surface area contributed by atoms with Gasteiger partial charge < -0.3 is 9.94 Å². The highest BCUT2D eigenvalue weighted by molar-refractivity contribution is 6.00. The maximum absolute atomic E-state index is 12.8. The lowest BCUT2D eigenvalue weighted by molar-refractivity contribution is 0.303. The van der Waals surface area contributed by atoms with E-state index in [0.29, 0.717) is 18.1 Å². The Labute approximate surface area is 117 Å². The zero-order valence-corrected chi connectivity index (χ0v) is 11.4. The molecule has 3 nitrogen and oxygen atoms in total. The summed E-state index contributed by atoms with van der Waals surface area (Å²) in [5, 5.41) is 12.1. The molecule has 0 aliphatic rings. The fourth-order valence-electron chi connectivity index (χ4n) is 1.85. The van der Waals surface area contributed by atoms with Crippen LogP contribution in [0.15, 0.2) is 47.6 Å². The highest BCUT2D eigenvalue weighted by Crippen LogP contribution is 2.22. The Kier molecular flexibility index (Phi) is 4.35. The van der Waals surface area contributed by atoms with E-state index in [1.807, 2.05) is 25.1 Å². The van der Waals surface area contributed by atoms with E-state index in [4.69, 9.17) is 9.94 Å². The molecular weight excluding hydrogens is 257 g/mol. The van der Waals surface area contributed by atoms with Crippen LogP contribution in [0.1, 0.15) is 23.6 Å². The smallest absolute Gasteiger partial charge is 0.128 e. The van der Waals surface area contributed by atoms with Gasteiger partial charge in [0.25, 0.3) is 0 Å². The fraction of sp³-hybridized carbons (Fsp3) is 0.188. The van der Waals surface area contributed by atoms with Crippen LogP contribution in [-0.2, 0) is 6.61 Å². The van der Waals surface area contributed by atoms with Crippen molar-refractivity contribution in [1.29, 1.82) is 0 Å². The molecule has 4 heteroatoms. The van der Waals surface area contributed by atoms with Crippen molar-refractivity contribution in [2.75, 3.05) is 0 Å². The van der Waals surface area contributed by atoms with Crippen LogP contribution in [0.4, 0.5) is 4.39 Å². The van der Waals surface area contributed by atoms with Crippen molar-refractivity contribution in [3.63, 3.8) is 0 Å². The van der Waals surface area contributed by atoms with Gasteiger partial charge in [-0.15, -0.1) is 0 Å². The predicted molar refractivity (Wildman–Crippen MR) is 75.9 cm³/mol. The van der Waals surface area contributed by atoms with Crippen LogP contribution < -0.4 is 4.74 Å². The molecule has 2 aromatic carbocycles. The second-order valence-corrected chi connectivity index (χ2v) is 4.60.